The van der Waals surface area contributed by atoms with E-state index in [0.717, 1.165) is 17.5 Å². The predicted molar refractivity (Wildman–Crippen MR) is 151 cm³/mol. The summed E-state index contributed by atoms with van der Waals surface area (Å²) in [6, 6.07) is 19.3. The first-order valence-corrected chi connectivity index (χ1v) is 13.0. The van der Waals surface area contributed by atoms with Crippen molar-refractivity contribution in [3.63, 3.8) is 0 Å². The Balaban J connectivity index is 1.83. The molecular weight excluding hydrogens is 494 g/mol. The van der Waals surface area contributed by atoms with Crippen LogP contribution >= 0.6 is 0 Å². The number of nitrogens with zero attached hydrogens (tertiary/aromatic N) is 4. The second kappa shape index (κ2) is 12.4. The van der Waals surface area contributed by atoms with Crippen LogP contribution in [0.25, 0.3) is 11.0 Å². The summed E-state index contributed by atoms with van der Waals surface area (Å²) in [7, 11) is 3.09. The molecular formula is C30H35N5O4. The van der Waals surface area contributed by atoms with E-state index >= 15 is 0 Å². The van der Waals surface area contributed by atoms with Gasteiger partial charge in [0.1, 0.15) is 29.6 Å². The fourth-order valence-electron chi connectivity index (χ4n) is 4.35. The molecule has 0 aliphatic rings. The van der Waals surface area contributed by atoms with Crippen LogP contribution in [0.1, 0.15) is 37.4 Å². The maximum absolute atomic E-state index is 14.2. The number of hydrogen-bond donors (Lipinski definition) is 1. The summed E-state index contributed by atoms with van der Waals surface area (Å²) in [5.74, 6) is 0.792. The van der Waals surface area contributed by atoms with Gasteiger partial charge in [-0.15, -0.1) is 5.10 Å². The molecule has 9 nitrogen and oxygen atoms in total. The number of nitrogens with one attached hydrogen (secondary N) is 1. The Kier molecular flexibility index (Phi) is 8.81. The Morgan fingerprint density at radius 1 is 0.974 bits per heavy atom. The summed E-state index contributed by atoms with van der Waals surface area (Å²) in [6.07, 6.45) is 0.818. The Labute approximate surface area is 228 Å². The zero-order valence-corrected chi connectivity index (χ0v) is 23.0. The summed E-state index contributed by atoms with van der Waals surface area (Å²) in [6.45, 7) is 6.56. The maximum atomic E-state index is 14.2. The van der Waals surface area contributed by atoms with Crippen LogP contribution < -0.4 is 19.7 Å². The summed E-state index contributed by atoms with van der Waals surface area (Å²) in [4.78, 5) is 29.5. The molecule has 204 valence electrons. The van der Waals surface area contributed by atoms with Crippen LogP contribution in [0.4, 0.5) is 5.69 Å². The molecule has 4 aromatic rings. The topological polar surface area (TPSA) is 98.6 Å². The quantitative estimate of drug-likeness (QED) is 0.303. The zero-order valence-electron chi connectivity index (χ0n) is 23.0. The van der Waals surface area contributed by atoms with E-state index < -0.39 is 6.04 Å². The van der Waals surface area contributed by atoms with E-state index in [1.54, 1.807) is 37.1 Å². The van der Waals surface area contributed by atoms with Crippen LogP contribution in [-0.4, -0.2) is 47.6 Å². The van der Waals surface area contributed by atoms with Crippen LogP contribution in [0, 0.1) is 12.8 Å². The molecule has 1 aromatic heterocycles. The van der Waals surface area contributed by atoms with Gasteiger partial charge in [-0.2, -0.15) is 0 Å². The van der Waals surface area contributed by atoms with Crippen molar-refractivity contribution < 1.29 is 19.1 Å². The van der Waals surface area contributed by atoms with Gasteiger partial charge in [0.15, 0.2) is 0 Å². The third-order valence-corrected chi connectivity index (χ3v) is 6.51. The predicted octanol–water partition coefficient (Wildman–Crippen LogP) is 4.69. The minimum atomic E-state index is -0.947. The molecule has 0 saturated heterocycles. The highest BCUT2D eigenvalue weighted by molar-refractivity contribution is 6.02. The number of benzene rings is 3. The number of aromatic nitrogens is 3. The molecule has 0 unspecified atom stereocenters. The lowest BCUT2D eigenvalue weighted by atomic mass is 10.0. The van der Waals surface area contributed by atoms with Gasteiger partial charge in [-0.3, -0.25) is 14.5 Å². The number of fused-ring (bicyclic) bond motifs is 1. The van der Waals surface area contributed by atoms with Crippen molar-refractivity contribution in [3.05, 3.63) is 77.9 Å². The van der Waals surface area contributed by atoms with E-state index in [9.17, 15) is 9.59 Å². The maximum Gasteiger partial charge on any atom is 0.249 e. The van der Waals surface area contributed by atoms with Crippen LogP contribution in [0.2, 0.25) is 0 Å². The van der Waals surface area contributed by atoms with E-state index in [2.05, 4.69) is 29.5 Å². The summed E-state index contributed by atoms with van der Waals surface area (Å²) < 4.78 is 12.5. The third kappa shape index (κ3) is 6.54. The molecule has 9 heteroatoms. The molecule has 0 aliphatic carbocycles. The second-order valence-electron chi connectivity index (χ2n) is 9.86. The van der Waals surface area contributed by atoms with Gasteiger partial charge >= 0.3 is 0 Å². The van der Waals surface area contributed by atoms with Gasteiger partial charge in [0.2, 0.25) is 11.8 Å². The number of amides is 2. The number of hydrogen-bond acceptors (Lipinski definition) is 6. The van der Waals surface area contributed by atoms with Crippen LogP contribution in [0.3, 0.4) is 0 Å². The molecule has 0 saturated carbocycles. The van der Waals surface area contributed by atoms with E-state index in [1.807, 2.05) is 55.5 Å². The molecule has 1 N–H and O–H groups in total. The van der Waals surface area contributed by atoms with Crippen molar-refractivity contribution in [1.82, 2.24) is 20.3 Å². The monoisotopic (exact) mass is 529 g/mol. The van der Waals surface area contributed by atoms with Gasteiger partial charge in [-0.1, -0.05) is 61.0 Å². The van der Waals surface area contributed by atoms with Crippen molar-refractivity contribution in [3.8, 4) is 11.5 Å². The number of para-hydroxylation sites is 1. The molecule has 0 aliphatic heterocycles. The van der Waals surface area contributed by atoms with Crippen molar-refractivity contribution in [2.45, 2.75) is 39.8 Å². The Bertz CT molecular complexity index is 1410. The molecule has 2 amide bonds. The first-order valence-electron chi connectivity index (χ1n) is 13.0. The molecule has 39 heavy (non-hydrogen) atoms. The average molecular weight is 530 g/mol. The molecule has 0 fully saturated rings. The van der Waals surface area contributed by atoms with Gasteiger partial charge in [-0.25, -0.2) is 4.68 Å². The van der Waals surface area contributed by atoms with Crippen LogP contribution in [0.5, 0.6) is 11.5 Å². The van der Waals surface area contributed by atoms with Gasteiger partial charge < -0.3 is 14.8 Å². The molecule has 0 bridgehead atoms. The standard InChI is InChI=1S/C30H35N5O4/c1-20(2)14-15-31-30(37)29(22-12-10-21(3)11-13-22)35(23-16-24(38-4)18-25(17-23)39-5)28(36)19-34-27-9-7-6-8-26(27)32-33-34/h6-13,16-18,20,29H,14-15,19H2,1-5H3,(H,31,37)/t29-/m0/s1. The molecule has 0 spiro atoms. The van der Waals surface area contributed by atoms with Gasteiger partial charge in [0.25, 0.3) is 0 Å². The summed E-state index contributed by atoms with van der Waals surface area (Å²) >= 11 is 0. The number of carbonyl (C=O) groups is 2. The fraction of sp³-hybridized carbons (Fsp3) is 0.333. The highest BCUT2D eigenvalue weighted by Crippen LogP contribution is 2.34. The van der Waals surface area contributed by atoms with E-state index in [0.29, 0.717) is 40.7 Å². The molecule has 1 heterocycles. The minimum absolute atomic E-state index is 0.123. The fourth-order valence-corrected chi connectivity index (χ4v) is 4.35. The van der Waals surface area contributed by atoms with Gasteiger partial charge in [0, 0.05) is 24.7 Å². The average Bonchev–Trinajstić information content (AvgIpc) is 3.34. The first-order chi connectivity index (χ1) is 18.8. The summed E-state index contributed by atoms with van der Waals surface area (Å²) in [5.41, 5.74) is 3.60. The Morgan fingerprint density at radius 3 is 2.28 bits per heavy atom. The number of methoxy groups -OCH3 is 2. The highest BCUT2D eigenvalue weighted by Gasteiger charge is 2.34. The minimum Gasteiger partial charge on any atom is -0.497 e. The lowest BCUT2D eigenvalue weighted by Crippen LogP contribution is -2.45. The number of carbonyl (C=O) groups excluding carboxylic acids is 2. The van der Waals surface area contributed by atoms with Gasteiger partial charge in [-0.05, 0) is 37.0 Å². The van der Waals surface area contributed by atoms with Gasteiger partial charge in [0.05, 0.1) is 25.4 Å². The highest BCUT2D eigenvalue weighted by atomic mass is 16.5. The molecule has 1 atom stereocenters. The van der Waals surface area contributed by atoms with Crippen molar-refractivity contribution in [2.24, 2.45) is 5.92 Å². The number of aryl methyl sites for hydroxylation is 1. The van der Waals surface area contributed by atoms with Crippen molar-refractivity contribution in [2.75, 3.05) is 25.7 Å². The molecule has 4 rings (SSSR count). The smallest absolute Gasteiger partial charge is 0.249 e. The van der Waals surface area contributed by atoms with E-state index in [4.69, 9.17) is 9.47 Å². The number of rotatable bonds is 11. The van der Waals surface area contributed by atoms with E-state index in [1.165, 1.54) is 4.90 Å². The third-order valence-electron chi connectivity index (χ3n) is 6.51. The SMILES string of the molecule is COc1cc(OC)cc(N(C(=O)Cn2nnc3ccccc32)[C@H](C(=O)NCCC(C)C)c2ccc(C)cc2)c1. The first kappa shape index (κ1) is 27.6. The lowest BCUT2D eigenvalue weighted by molar-refractivity contribution is -0.127. The van der Waals surface area contributed by atoms with Crippen LogP contribution in [-0.2, 0) is 16.1 Å². The normalized spacial score (nSPS) is 11.8. The number of anilines is 1. The van der Waals surface area contributed by atoms with Crippen molar-refractivity contribution >= 4 is 28.5 Å². The molecule has 0 radical (unpaired) electrons. The van der Waals surface area contributed by atoms with Crippen LogP contribution in [0.15, 0.2) is 66.7 Å². The Hall–Kier alpha value is -4.40. The zero-order chi connectivity index (χ0) is 27.9. The lowest BCUT2D eigenvalue weighted by Gasteiger charge is -2.32. The number of ether oxygens (including phenoxy) is 2. The van der Waals surface area contributed by atoms with E-state index in [-0.39, 0.29) is 18.4 Å². The van der Waals surface area contributed by atoms with Crippen molar-refractivity contribution in [1.29, 1.82) is 0 Å². The second-order valence-corrected chi connectivity index (χ2v) is 9.86. The largest absolute Gasteiger partial charge is 0.497 e. The Morgan fingerprint density at radius 2 is 1.64 bits per heavy atom. The molecule has 3 aromatic carbocycles. The summed E-state index contributed by atoms with van der Waals surface area (Å²) in [5, 5.41) is 11.4.